The van der Waals surface area contributed by atoms with Gasteiger partial charge in [-0.05, 0) is 32.4 Å². The molecule has 1 aromatic rings. The first-order chi connectivity index (χ1) is 10.2. The first-order valence-corrected chi connectivity index (χ1v) is 9.42. The van der Waals surface area contributed by atoms with E-state index in [2.05, 4.69) is 12.2 Å². The first kappa shape index (κ1) is 17.9. The van der Waals surface area contributed by atoms with Gasteiger partial charge in [0.2, 0.25) is 0 Å². The van der Waals surface area contributed by atoms with Crippen LogP contribution in [-0.2, 0) is 8.85 Å². The van der Waals surface area contributed by atoms with Crippen LogP contribution < -0.4 is 5.32 Å². The molecule has 1 amide bonds. The molecule has 0 aliphatic rings. The standard InChI is InChI=1S/C16H27NO3Si/c1-4-7-13-15(21(19-5-2)20-6-3)17-16(18)14-11-9-8-10-12-14/h8-12,15,21H,4-7,13H2,1-3H3,(H,17,18). The van der Waals surface area contributed by atoms with Crippen molar-refractivity contribution in [3.63, 3.8) is 0 Å². The number of unbranched alkanes of at least 4 members (excludes halogenated alkanes) is 1. The van der Waals surface area contributed by atoms with Crippen molar-refractivity contribution in [2.45, 2.75) is 45.7 Å². The van der Waals surface area contributed by atoms with Crippen molar-refractivity contribution in [3.05, 3.63) is 35.9 Å². The molecule has 1 rings (SSSR count). The van der Waals surface area contributed by atoms with Crippen molar-refractivity contribution in [2.75, 3.05) is 13.2 Å². The highest BCUT2D eigenvalue weighted by Crippen LogP contribution is 2.09. The summed E-state index contributed by atoms with van der Waals surface area (Å²) in [5.41, 5.74) is 0.692. The molecule has 118 valence electrons. The maximum atomic E-state index is 12.3. The fourth-order valence-corrected chi connectivity index (χ4v) is 4.16. The van der Waals surface area contributed by atoms with Gasteiger partial charge in [-0.25, -0.2) is 0 Å². The Morgan fingerprint density at radius 1 is 1.14 bits per heavy atom. The lowest BCUT2D eigenvalue weighted by Gasteiger charge is -2.25. The molecule has 1 atom stereocenters. The largest absolute Gasteiger partial charge is 0.396 e. The van der Waals surface area contributed by atoms with Crippen LogP contribution in [0.5, 0.6) is 0 Å². The number of nitrogens with one attached hydrogen (secondary N) is 1. The average Bonchev–Trinajstić information content (AvgIpc) is 2.52. The Kier molecular flexibility index (Phi) is 8.97. The zero-order valence-electron chi connectivity index (χ0n) is 13.3. The van der Waals surface area contributed by atoms with Gasteiger partial charge < -0.3 is 14.2 Å². The third-order valence-electron chi connectivity index (χ3n) is 3.21. The maximum Gasteiger partial charge on any atom is 0.344 e. The SMILES string of the molecule is CCCCC(NC(=O)c1ccccc1)[SiH](OCC)OCC. The Morgan fingerprint density at radius 3 is 2.29 bits per heavy atom. The second kappa shape index (κ2) is 10.5. The molecule has 0 radical (unpaired) electrons. The summed E-state index contributed by atoms with van der Waals surface area (Å²) in [4.78, 5) is 12.3. The highest BCUT2D eigenvalue weighted by atomic mass is 28.3. The Morgan fingerprint density at radius 2 is 1.76 bits per heavy atom. The molecular formula is C16H27NO3Si. The van der Waals surface area contributed by atoms with Crippen molar-refractivity contribution in [1.29, 1.82) is 0 Å². The normalized spacial score (nSPS) is 12.4. The zero-order valence-corrected chi connectivity index (χ0v) is 14.5. The minimum Gasteiger partial charge on any atom is -0.396 e. The fourth-order valence-electron chi connectivity index (χ4n) is 2.15. The molecule has 0 saturated carbocycles. The lowest BCUT2D eigenvalue weighted by atomic mass is 10.2. The maximum absolute atomic E-state index is 12.3. The molecule has 0 aliphatic carbocycles. The van der Waals surface area contributed by atoms with Gasteiger partial charge in [0.1, 0.15) is 0 Å². The van der Waals surface area contributed by atoms with E-state index >= 15 is 0 Å². The van der Waals surface area contributed by atoms with Crippen LogP contribution in [0.2, 0.25) is 0 Å². The van der Waals surface area contributed by atoms with Crippen molar-refractivity contribution >= 4 is 15.2 Å². The number of rotatable bonds is 10. The molecule has 21 heavy (non-hydrogen) atoms. The van der Waals surface area contributed by atoms with E-state index in [0.29, 0.717) is 18.8 Å². The Balaban J connectivity index is 2.73. The van der Waals surface area contributed by atoms with Crippen LogP contribution in [-0.4, -0.2) is 34.1 Å². The lowest BCUT2D eigenvalue weighted by Crippen LogP contribution is -2.49. The smallest absolute Gasteiger partial charge is 0.344 e. The van der Waals surface area contributed by atoms with Crippen LogP contribution in [0.15, 0.2) is 30.3 Å². The van der Waals surface area contributed by atoms with Gasteiger partial charge in [0, 0.05) is 18.8 Å². The predicted molar refractivity (Wildman–Crippen MR) is 87.6 cm³/mol. The van der Waals surface area contributed by atoms with E-state index in [-0.39, 0.29) is 11.6 Å². The van der Waals surface area contributed by atoms with Crippen LogP contribution in [0.3, 0.4) is 0 Å². The second-order valence-corrected chi connectivity index (χ2v) is 7.08. The first-order valence-electron chi connectivity index (χ1n) is 7.82. The van der Waals surface area contributed by atoms with Gasteiger partial charge in [0.25, 0.3) is 5.91 Å². The van der Waals surface area contributed by atoms with Crippen molar-refractivity contribution in [1.82, 2.24) is 5.32 Å². The minimum atomic E-state index is -1.89. The number of benzene rings is 1. The number of hydrogen-bond donors (Lipinski definition) is 1. The molecule has 0 spiro atoms. The van der Waals surface area contributed by atoms with E-state index in [4.69, 9.17) is 8.85 Å². The van der Waals surface area contributed by atoms with Gasteiger partial charge in [-0.15, -0.1) is 0 Å². The molecular weight excluding hydrogens is 282 g/mol. The van der Waals surface area contributed by atoms with Crippen molar-refractivity contribution < 1.29 is 13.6 Å². The number of hydrogen-bond acceptors (Lipinski definition) is 3. The Bertz CT molecular complexity index is 394. The summed E-state index contributed by atoms with van der Waals surface area (Å²) in [5.74, 6) is -0.0476. The highest BCUT2D eigenvalue weighted by molar-refractivity contribution is 6.47. The lowest BCUT2D eigenvalue weighted by molar-refractivity contribution is 0.0932. The number of amides is 1. The van der Waals surface area contributed by atoms with Gasteiger partial charge >= 0.3 is 9.28 Å². The van der Waals surface area contributed by atoms with Gasteiger partial charge in [0.05, 0.1) is 5.67 Å². The van der Waals surface area contributed by atoms with Crippen LogP contribution in [0.4, 0.5) is 0 Å². The third-order valence-corrected chi connectivity index (χ3v) is 5.69. The molecule has 1 N–H and O–H groups in total. The summed E-state index contributed by atoms with van der Waals surface area (Å²) in [5, 5.41) is 3.11. The van der Waals surface area contributed by atoms with E-state index in [1.165, 1.54) is 0 Å². The van der Waals surface area contributed by atoms with E-state index in [0.717, 1.165) is 19.3 Å². The molecule has 0 heterocycles. The van der Waals surface area contributed by atoms with Gasteiger partial charge in [-0.3, -0.25) is 4.79 Å². The van der Waals surface area contributed by atoms with Crippen molar-refractivity contribution in [3.8, 4) is 0 Å². The quantitative estimate of drug-likeness (QED) is 0.676. The van der Waals surface area contributed by atoms with E-state index in [1.807, 2.05) is 44.2 Å². The highest BCUT2D eigenvalue weighted by Gasteiger charge is 2.27. The minimum absolute atomic E-state index is 0.0116. The topological polar surface area (TPSA) is 47.6 Å². The molecule has 1 aromatic carbocycles. The monoisotopic (exact) mass is 309 g/mol. The predicted octanol–water partition coefficient (Wildman–Crippen LogP) is 2.81. The van der Waals surface area contributed by atoms with E-state index in [1.54, 1.807) is 0 Å². The molecule has 0 aliphatic heterocycles. The Labute approximate surface area is 129 Å². The number of carbonyl (C=O) groups is 1. The van der Waals surface area contributed by atoms with E-state index < -0.39 is 9.28 Å². The Hall–Kier alpha value is -1.17. The average molecular weight is 309 g/mol. The summed E-state index contributed by atoms with van der Waals surface area (Å²) in [6, 6.07) is 9.30. The zero-order chi connectivity index (χ0) is 15.5. The molecule has 0 bridgehead atoms. The third kappa shape index (κ3) is 6.41. The van der Waals surface area contributed by atoms with Crippen LogP contribution in [0.25, 0.3) is 0 Å². The molecule has 0 aromatic heterocycles. The summed E-state index contributed by atoms with van der Waals surface area (Å²) in [6.07, 6.45) is 3.06. The van der Waals surface area contributed by atoms with Gasteiger partial charge in [0.15, 0.2) is 0 Å². The molecule has 0 saturated heterocycles. The van der Waals surface area contributed by atoms with Crippen LogP contribution in [0, 0.1) is 0 Å². The van der Waals surface area contributed by atoms with Crippen molar-refractivity contribution in [2.24, 2.45) is 0 Å². The molecule has 5 heteroatoms. The fraction of sp³-hybridized carbons (Fsp3) is 0.562. The molecule has 4 nitrogen and oxygen atoms in total. The second-order valence-electron chi connectivity index (χ2n) is 4.87. The van der Waals surface area contributed by atoms with Gasteiger partial charge in [-0.2, -0.15) is 0 Å². The van der Waals surface area contributed by atoms with Crippen LogP contribution in [0.1, 0.15) is 50.4 Å². The molecule has 1 unspecified atom stereocenters. The summed E-state index contributed by atoms with van der Waals surface area (Å²) < 4.78 is 11.6. The van der Waals surface area contributed by atoms with E-state index in [9.17, 15) is 4.79 Å². The molecule has 0 fully saturated rings. The summed E-state index contributed by atoms with van der Waals surface area (Å²) in [6.45, 7) is 7.33. The summed E-state index contributed by atoms with van der Waals surface area (Å²) >= 11 is 0. The number of carbonyl (C=O) groups excluding carboxylic acids is 1. The summed E-state index contributed by atoms with van der Waals surface area (Å²) in [7, 11) is -1.89. The van der Waals surface area contributed by atoms with Crippen LogP contribution >= 0.6 is 0 Å². The van der Waals surface area contributed by atoms with Gasteiger partial charge in [-0.1, -0.05) is 38.0 Å².